The zero-order valence-corrected chi connectivity index (χ0v) is 51.5. The standard InChI is InChI=1S/C48H61NO31S2.K/c1-20(50)64-17-33-37(67-23(4)53)40(69-25(6)55)44(73-29(10)59)47(77-33)79-39-34(18-65-21(2)51)76-46(43(72-28(9)58)41(39)70-26(7)56)75-32-14-12-31(13-15-32)16-36(49-80-82(61,62)63)81-48-45(74-30(11)60)42(71-27(8)57)38(68-24(5)54)35(78-48)19-66-22(3)52;/h12-15,33-35,37-48H,16-19H2,1-11H3,(H,61,62,63);/q;+1/p-1/b49-36-;/t33-,34-,35-,37-,38-,39-,40+,41+,42+,43-,44-,45-,46-,47+,48+;/m1./s1. The number of esters is 11. The minimum atomic E-state index is -5.54. The van der Waals surface area contributed by atoms with E-state index in [1.165, 1.54) is 24.3 Å². The van der Waals surface area contributed by atoms with Crippen LogP contribution in [0.1, 0.15) is 81.7 Å². The van der Waals surface area contributed by atoms with E-state index in [1.54, 1.807) is 0 Å². The van der Waals surface area contributed by atoms with Gasteiger partial charge in [0.1, 0.15) is 60.5 Å². The van der Waals surface area contributed by atoms with Crippen molar-refractivity contribution >= 4 is 92.9 Å². The number of benzene rings is 1. The second-order valence-corrected chi connectivity index (χ2v) is 19.9. The monoisotopic (exact) mass is 1250 g/mol. The number of carbonyl (C=O) groups is 11. The number of oxime groups is 1. The minimum Gasteiger partial charge on any atom is -0.714 e. The first-order chi connectivity index (χ1) is 38.3. The van der Waals surface area contributed by atoms with Crippen LogP contribution < -0.4 is 56.1 Å². The summed E-state index contributed by atoms with van der Waals surface area (Å²) < 4.78 is 130. The molecule has 3 heterocycles. The maximum Gasteiger partial charge on any atom is 1.00 e. The SMILES string of the molecule is CC(=O)OC[C@H]1O[C@@H](S/C(Cc2ccc(O[C@@H]3O[C@H](COC(C)=O)[C@@H](O[C@@H]4O[C@H](COC(C)=O)[C@@H](OC(C)=O)[C@H](OC(C)=O)[C@H]4OC(C)=O)[C@H](OC(C)=O)[C@H]3OC(C)=O)cc2)=N\OS(=O)(=O)[O-])[C@H](OC(C)=O)[C@@H](OC(C)=O)[C@@H]1OC(C)=O.[K+]. The van der Waals surface area contributed by atoms with E-state index in [0.717, 1.165) is 76.2 Å². The van der Waals surface area contributed by atoms with Crippen LogP contribution in [0.5, 0.6) is 5.75 Å². The summed E-state index contributed by atoms with van der Waals surface area (Å²) in [6.45, 7) is 8.92. The summed E-state index contributed by atoms with van der Waals surface area (Å²) in [6.07, 6.45) is -24.4. The number of hydrogen-bond acceptors (Lipinski definition) is 33. The fraction of sp³-hybridized carbons (Fsp3) is 0.625. The molecule has 1 aromatic rings. The summed E-state index contributed by atoms with van der Waals surface area (Å²) in [5, 5.41) is 3.10. The third-order valence-corrected chi connectivity index (χ3v) is 12.2. The molecule has 4 rings (SSSR count). The Kier molecular flexibility index (Phi) is 28.7. The molecule has 0 unspecified atom stereocenters. The first-order valence-electron chi connectivity index (χ1n) is 24.3. The van der Waals surface area contributed by atoms with Crippen molar-refractivity contribution in [3.63, 3.8) is 0 Å². The Morgan fingerprint density at radius 1 is 0.458 bits per heavy atom. The largest absolute Gasteiger partial charge is 1.00 e. The molecule has 35 heteroatoms. The fourth-order valence-corrected chi connectivity index (χ4v) is 9.53. The average Bonchev–Trinajstić information content (AvgIpc) is 3.49. The maximum absolute atomic E-state index is 13.0. The van der Waals surface area contributed by atoms with Crippen LogP contribution in [0, 0.1) is 0 Å². The van der Waals surface area contributed by atoms with Crippen LogP contribution in [0.2, 0.25) is 0 Å². The Balaban J connectivity index is 0.0000181. The van der Waals surface area contributed by atoms with Crippen molar-refractivity contribution in [1.82, 2.24) is 0 Å². The van der Waals surface area contributed by atoms with Crippen molar-refractivity contribution < 1.29 is 197 Å². The molecule has 0 amide bonds. The van der Waals surface area contributed by atoms with Gasteiger partial charge in [0.25, 0.3) is 10.4 Å². The average molecular weight is 1250 g/mol. The molecular formula is C48H60KNO31S2. The molecule has 0 radical (unpaired) electrons. The van der Waals surface area contributed by atoms with Gasteiger partial charge in [-0.15, -0.1) is 0 Å². The van der Waals surface area contributed by atoms with E-state index in [1.807, 2.05) is 0 Å². The van der Waals surface area contributed by atoms with E-state index in [-0.39, 0.29) is 67.7 Å². The topological polar surface area (TPSA) is 414 Å². The van der Waals surface area contributed by atoms with Crippen LogP contribution in [0.4, 0.5) is 0 Å². The Bertz CT molecular complexity index is 2650. The quantitative estimate of drug-likeness (QED) is 0.0152. The first kappa shape index (κ1) is 71.7. The molecule has 1 aromatic carbocycles. The summed E-state index contributed by atoms with van der Waals surface area (Å²) in [4.78, 5) is 137. The van der Waals surface area contributed by atoms with Gasteiger partial charge in [0.05, 0.1) is 0 Å². The van der Waals surface area contributed by atoms with Gasteiger partial charge >= 0.3 is 117 Å². The van der Waals surface area contributed by atoms with Crippen molar-refractivity contribution in [2.45, 2.75) is 174 Å². The molecular weight excluding hydrogens is 1190 g/mol. The fourth-order valence-electron chi connectivity index (χ4n) is 8.16. The number of rotatable bonds is 23. The number of carbonyl (C=O) groups excluding carboxylic acids is 11. The van der Waals surface area contributed by atoms with Gasteiger partial charge in [0.2, 0.25) is 12.4 Å². The normalized spacial score (nSPS) is 27.7. The van der Waals surface area contributed by atoms with E-state index >= 15 is 0 Å². The number of hydrogen-bond donors (Lipinski definition) is 0. The second-order valence-electron chi connectivity index (χ2n) is 17.8. The predicted octanol–water partition coefficient (Wildman–Crippen LogP) is -3.16. The van der Waals surface area contributed by atoms with Crippen LogP contribution in [0.3, 0.4) is 0 Å². The molecule has 83 heavy (non-hydrogen) atoms. The van der Waals surface area contributed by atoms with Crippen LogP contribution in [-0.2, 0) is 145 Å². The van der Waals surface area contributed by atoms with Crippen LogP contribution in [-0.4, -0.2) is 195 Å². The molecule has 0 bridgehead atoms. The second kappa shape index (κ2) is 33.2. The number of thioether (sulfide) groups is 1. The molecule has 3 saturated heterocycles. The van der Waals surface area contributed by atoms with Crippen molar-refractivity contribution in [2.75, 3.05) is 19.8 Å². The van der Waals surface area contributed by atoms with Crippen molar-refractivity contribution in [3.05, 3.63) is 29.8 Å². The van der Waals surface area contributed by atoms with E-state index in [0.29, 0.717) is 11.8 Å². The Labute approximate surface area is 520 Å². The molecule has 3 aliphatic rings. The zero-order valence-electron chi connectivity index (χ0n) is 46.7. The van der Waals surface area contributed by atoms with E-state index in [9.17, 15) is 65.7 Å². The molecule has 0 N–H and O–H groups in total. The summed E-state index contributed by atoms with van der Waals surface area (Å²) in [7, 11) is -5.54. The van der Waals surface area contributed by atoms with Gasteiger partial charge in [-0.25, -0.2) is 0 Å². The third-order valence-electron chi connectivity index (χ3n) is 10.8. The number of nitrogens with zero attached hydrogens (tertiary/aromatic N) is 1. The molecule has 32 nitrogen and oxygen atoms in total. The Hall–Kier alpha value is -5.60. The maximum atomic E-state index is 13.0. The molecule has 15 atom stereocenters. The van der Waals surface area contributed by atoms with Gasteiger partial charge in [0.15, 0.2) is 49.0 Å². The Morgan fingerprint density at radius 3 is 1.20 bits per heavy atom. The molecule has 0 spiro atoms. The zero-order chi connectivity index (χ0) is 61.3. The molecule has 0 aliphatic carbocycles. The molecule has 0 aromatic heterocycles. The summed E-state index contributed by atoms with van der Waals surface area (Å²) in [5.41, 5.74) is -1.35. The molecule has 3 aliphatic heterocycles. The van der Waals surface area contributed by atoms with Crippen molar-refractivity contribution in [1.29, 1.82) is 0 Å². The van der Waals surface area contributed by atoms with Crippen LogP contribution in [0.15, 0.2) is 29.4 Å². The van der Waals surface area contributed by atoms with Crippen LogP contribution >= 0.6 is 11.8 Å². The summed E-state index contributed by atoms with van der Waals surface area (Å²) in [6, 6.07) is 5.27. The van der Waals surface area contributed by atoms with E-state index in [4.69, 9.17) is 75.8 Å². The van der Waals surface area contributed by atoms with Gasteiger partial charge in [-0.1, -0.05) is 29.1 Å². The van der Waals surface area contributed by atoms with Gasteiger partial charge in [-0.05, 0) is 17.7 Å². The van der Waals surface area contributed by atoms with Crippen molar-refractivity contribution in [3.8, 4) is 5.75 Å². The number of ether oxygens (including phenoxy) is 16. The van der Waals surface area contributed by atoms with Crippen molar-refractivity contribution in [2.24, 2.45) is 5.16 Å². The Morgan fingerprint density at radius 2 is 0.795 bits per heavy atom. The minimum absolute atomic E-state index is 0. The van der Waals surface area contributed by atoms with E-state index in [2.05, 4.69) is 9.44 Å². The first-order valence-corrected chi connectivity index (χ1v) is 26.5. The molecule has 456 valence electrons. The predicted molar refractivity (Wildman–Crippen MR) is 262 cm³/mol. The van der Waals surface area contributed by atoms with Gasteiger partial charge in [0, 0.05) is 82.6 Å². The van der Waals surface area contributed by atoms with E-state index < -0.39 is 194 Å². The van der Waals surface area contributed by atoms with Gasteiger partial charge < -0.3 is 80.3 Å². The molecule has 3 fully saturated rings. The van der Waals surface area contributed by atoms with Gasteiger partial charge in [-0.2, -0.15) is 8.42 Å². The summed E-state index contributed by atoms with van der Waals surface area (Å²) in [5.74, 6) is -10.4. The van der Waals surface area contributed by atoms with Crippen LogP contribution in [0.25, 0.3) is 0 Å². The molecule has 0 saturated carbocycles. The van der Waals surface area contributed by atoms with Gasteiger partial charge in [-0.3, -0.25) is 57.0 Å². The third kappa shape index (κ3) is 23.8. The smallest absolute Gasteiger partial charge is 0.714 e. The summed E-state index contributed by atoms with van der Waals surface area (Å²) >= 11 is 0.481.